The van der Waals surface area contributed by atoms with Gasteiger partial charge in [-0.05, 0) is 59.8 Å². The predicted molar refractivity (Wildman–Crippen MR) is 100 cm³/mol. The van der Waals surface area contributed by atoms with Gasteiger partial charge in [-0.1, -0.05) is 55.4 Å². The summed E-state index contributed by atoms with van der Waals surface area (Å²) in [5, 5.41) is 0. The van der Waals surface area contributed by atoms with Crippen molar-refractivity contribution in [3.63, 3.8) is 0 Å². The lowest BCUT2D eigenvalue weighted by Crippen LogP contribution is -2.35. The molecule has 1 aliphatic heterocycles. The largest absolute Gasteiger partial charge is 0.293 e. The Morgan fingerprint density at radius 3 is 1.05 bits per heavy atom. The van der Waals surface area contributed by atoms with Gasteiger partial charge in [0.1, 0.15) is 0 Å². The minimum absolute atomic E-state index is 0.599. The van der Waals surface area contributed by atoms with E-state index in [1.165, 1.54) is 0 Å². The summed E-state index contributed by atoms with van der Waals surface area (Å²) in [4.78, 5) is 2.67. The Morgan fingerprint density at radius 1 is 0.545 bits per heavy atom. The van der Waals surface area contributed by atoms with E-state index < -0.39 is 0 Å². The summed E-state index contributed by atoms with van der Waals surface area (Å²) in [5.74, 6) is 2.46. The fourth-order valence-corrected chi connectivity index (χ4v) is 3.73. The van der Waals surface area contributed by atoms with Gasteiger partial charge in [0, 0.05) is 19.1 Å². The van der Waals surface area contributed by atoms with Gasteiger partial charge in [0.15, 0.2) is 0 Å². The average molecular weight is 306 g/mol. The Morgan fingerprint density at radius 2 is 0.864 bits per heavy atom. The molecule has 0 aromatic rings. The first-order valence-corrected chi connectivity index (χ1v) is 9.28. The highest BCUT2D eigenvalue weighted by Gasteiger charge is 2.29. The van der Waals surface area contributed by atoms with Crippen molar-refractivity contribution < 1.29 is 0 Å². The van der Waals surface area contributed by atoms with Gasteiger partial charge in [-0.3, -0.25) is 4.90 Å². The van der Waals surface area contributed by atoms with Crippen LogP contribution in [0.15, 0.2) is 22.3 Å². The molecule has 22 heavy (non-hydrogen) atoms. The van der Waals surface area contributed by atoms with Crippen LogP contribution in [-0.2, 0) is 0 Å². The van der Waals surface area contributed by atoms with Crippen LogP contribution in [0.5, 0.6) is 0 Å². The molecule has 0 spiro atoms. The highest BCUT2D eigenvalue weighted by molar-refractivity contribution is 5.45. The summed E-state index contributed by atoms with van der Waals surface area (Å²) in [7, 11) is 0. The smallest absolute Gasteiger partial charge is 0.0207 e. The quantitative estimate of drug-likeness (QED) is 0.608. The lowest BCUT2D eigenvalue weighted by molar-refractivity contribution is 0.250. The van der Waals surface area contributed by atoms with Crippen LogP contribution in [0.3, 0.4) is 0 Å². The molecule has 1 heterocycles. The van der Waals surface area contributed by atoms with Crippen LogP contribution in [0.25, 0.3) is 0 Å². The molecule has 0 saturated carbocycles. The van der Waals surface area contributed by atoms with Crippen molar-refractivity contribution in [2.45, 2.75) is 75.3 Å². The molecule has 0 aliphatic carbocycles. The van der Waals surface area contributed by atoms with Crippen molar-refractivity contribution in [1.29, 1.82) is 0 Å². The molecular formula is C21H39N. The molecule has 0 N–H and O–H groups in total. The van der Waals surface area contributed by atoms with Crippen molar-refractivity contribution in [2.75, 3.05) is 13.1 Å². The molecule has 0 saturated heterocycles. The lowest BCUT2D eigenvalue weighted by Gasteiger charge is -2.29. The van der Waals surface area contributed by atoms with Crippen LogP contribution in [0.1, 0.15) is 69.2 Å². The highest BCUT2D eigenvalue weighted by atomic mass is 15.1. The zero-order valence-electron chi connectivity index (χ0n) is 16.7. The third-order valence-electron chi connectivity index (χ3n) is 5.01. The Balaban J connectivity index is 3.65. The number of rotatable bonds is 5. The van der Waals surface area contributed by atoms with E-state index >= 15 is 0 Å². The third-order valence-corrected chi connectivity index (χ3v) is 5.01. The number of hydrogen-bond acceptors (Lipinski definition) is 1. The fraction of sp³-hybridized carbons (Fsp3) is 0.810. The Hall–Kier alpha value is -0.560. The summed E-state index contributed by atoms with van der Waals surface area (Å²) in [5.41, 5.74) is 6.67. The Labute approximate surface area is 139 Å². The molecular weight excluding hydrogens is 266 g/mol. The van der Waals surface area contributed by atoms with Crippen molar-refractivity contribution >= 4 is 0 Å². The molecule has 1 aliphatic rings. The zero-order valence-corrected chi connectivity index (χ0v) is 16.7. The zero-order chi connectivity index (χ0) is 17.2. The standard InChI is InChI=1S/C21H39N/c1-13(2)18-11-22(17(9)10)12-19(14(3)4)21(16(7)8)20(18)15(5)6/h13-17H,11-12H2,1-10H3. The Kier molecular flexibility index (Phi) is 6.92. The minimum atomic E-state index is 0.599. The van der Waals surface area contributed by atoms with Crippen LogP contribution in [-0.4, -0.2) is 24.0 Å². The number of hydrogen-bond donors (Lipinski definition) is 0. The summed E-state index contributed by atoms with van der Waals surface area (Å²) >= 11 is 0. The lowest BCUT2D eigenvalue weighted by atomic mass is 9.78. The van der Waals surface area contributed by atoms with Crippen LogP contribution in [0, 0.1) is 23.7 Å². The van der Waals surface area contributed by atoms with Gasteiger partial charge in [-0.25, -0.2) is 0 Å². The molecule has 0 amide bonds. The van der Waals surface area contributed by atoms with Gasteiger partial charge in [0.25, 0.3) is 0 Å². The topological polar surface area (TPSA) is 3.24 Å². The molecule has 0 fully saturated rings. The van der Waals surface area contributed by atoms with E-state index in [1.807, 2.05) is 0 Å². The van der Waals surface area contributed by atoms with Gasteiger partial charge in [0.05, 0.1) is 0 Å². The predicted octanol–water partition coefficient (Wildman–Crippen LogP) is 5.93. The van der Waals surface area contributed by atoms with Gasteiger partial charge >= 0.3 is 0 Å². The second-order valence-electron chi connectivity index (χ2n) is 8.50. The van der Waals surface area contributed by atoms with Gasteiger partial charge in [0.2, 0.25) is 0 Å². The molecule has 1 rings (SSSR count). The van der Waals surface area contributed by atoms with E-state index in [1.54, 1.807) is 22.3 Å². The van der Waals surface area contributed by atoms with Crippen molar-refractivity contribution in [3.8, 4) is 0 Å². The van der Waals surface area contributed by atoms with E-state index in [0.717, 1.165) is 13.1 Å². The van der Waals surface area contributed by atoms with E-state index in [2.05, 4.69) is 74.1 Å². The number of nitrogens with zero attached hydrogens (tertiary/aromatic N) is 1. The summed E-state index contributed by atoms with van der Waals surface area (Å²) in [6.45, 7) is 25.9. The van der Waals surface area contributed by atoms with Gasteiger partial charge in [-0.15, -0.1) is 0 Å². The van der Waals surface area contributed by atoms with E-state index in [4.69, 9.17) is 0 Å². The van der Waals surface area contributed by atoms with E-state index in [9.17, 15) is 0 Å². The van der Waals surface area contributed by atoms with Crippen LogP contribution >= 0.6 is 0 Å². The SMILES string of the molecule is CC(C)C1=C(C(C)C)C(C(C)C)=C(C(C)C)CN(C(C)C)C1. The monoisotopic (exact) mass is 305 g/mol. The maximum atomic E-state index is 2.67. The molecule has 0 unspecified atom stereocenters. The minimum Gasteiger partial charge on any atom is -0.293 e. The number of allylic oxidation sites excluding steroid dienone is 2. The first-order chi connectivity index (χ1) is 10.1. The van der Waals surface area contributed by atoms with Crippen LogP contribution in [0.2, 0.25) is 0 Å². The molecule has 1 heteroatoms. The second-order valence-corrected chi connectivity index (χ2v) is 8.50. The molecule has 128 valence electrons. The molecule has 0 atom stereocenters. The molecule has 0 radical (unpaired) electrons. The normalized spacial score (nSPS) is 18.7. The van der Waals surface area contributed by atoms with Crippen molar-refractivity contribution in [1.82, 2.24) is 4.90 Å². The molecule has 0 bridgehead atoms. The molecule has 1 nitrogen and oxygen atoms in total. The first-order valence-electron chi connectivity index (χ1n) is 9.28. The van der Waals surface area contributed by atoms with Crippen molar-refractivity contribution in [3.05, 3.63) is 22.3 Å². The van der Waals surface area contributed by atoms with Crippen LogP contribution < -0.4 is 0 Å². The Bertz CT molecular complexity index is 395. The molecule has 0 aromatic heterocycles. The van der Waals surface area contributed by atoms with Gasteiger partial charge < -0.3 is 0 Å². The second kappa shape index (κ2) is 7.81. The molecule has 0 aromatic carbocycles. The van der Waals surface area contributed by atoms with Gasteiger partial charge in [-0.2, -0.15) is 0 Å². The van der Waals surface area contributed by atoms with E-state index in [-0.39, 0.29) is 0 Å². The maximum Gasteiger partial charge on any atom is 0.0207 e. The summed E-state index contributed by atoms with van der Waals surface area (Å²) in [6.07, 6.45) is 0. The van der Waals surface area contributed by atoms with E-state index in [0.29, 0.717) is 29.7 Å². The summed E-state index contributed by atoms with van der Waals surface area (Å²) in [6, 6.07) is 0.599. The fourth-order valence-electron chi connectivity index (χ4n) is 3.73. The highest BCUT2D eigenvalue weighted by Crippen LogP contribution is 2.39. The maximum absolute atomic E-state index is 2.67. The third kappa shape index (κ3) is 4.25. The summed E-state index contributed by atoms with van der Waals surface area (Å²) < 4.78 is 0. The average Bonchev–Trinajstić information content (AvgIpc) is 2.55. The van der Waals surface area contributed by atoms with Crippen LogP contribution in [0.4, 0.5) is 0 Å². The first kappa shape index (κ1) is 19.5. The van der Waals surface area contributed by atoms with Crippen molar-refractivity contribution in [2.24, 2.45) is 23.7 Å².